The van der Waals surface area contributed by atoms with Crippen molar-refractivity contribution in [2.45, 2.75) is 11.8 Å². The first-order chi connectivity index (χ1) is 7.90. The van der Waals surface area contributed by atoms with E-state index in [1.165, 1.54) is 6.92 Å². The molecule has 0 aliphatic rings. The zero-order chi connectivity index (χ0) is 13.2. The molecule has 0 saturated heterocycles. The van der Waals surface area contributed by atoms with Gasteiger partial charge in [-0.1, -0.05) is 0 Å². The molecule has 1 N–H and O–H groups in total. The average Bonchev–Trinajstić information content (AvgIpc) is 2.26. The number of nitro groups is 1. The van der Waals surface area contributed by atoms with Crippen molar-refractivity contribution in [1.82, 2.24) is 0 Å². The Balaban J connectivity index is 3.58. The summed E-state index contributed by atoms with van der Waals surface area (Å²) < 4.78 is 24.4. The second-order valence-corrected chi connectivity index (χ2v) is 4.02. The van der Waals surface area contributed by atoms with Crippen molar-refractivity contribution in [2.24, 2.45) is 0 Å². The first-order valence-electron chi connectivity index (χ1n) is 4.37. The van der Waals surface area contributed by atoms with Gasteiger partial charge in [0.25, 0.3) is 5.69 Å². The maximum Gasteiger partial charge on any atom is 0.339 e. The Morgan fingerprint density at radius 3 is 2.53 bits per heavy atom. The van der Waals surface area contributed by atoms with E-state index in [-0.39, 0.29) is 21.7 Å². The van der Waals surface area contributed by atoms with E-state index in [1.807, 2.05) is 0 Å². The number of rotatable bonds is 3. The number of hydrogen-bond acceptors (Lipinski definition) is 5. The second kappa shape index (κ2) is 5.02. The number of carbonyl (C=O) groups excluding carboxylic acids is 1. The van der Waals surface area contributed by atoms with Crippen molar-refractivity contribution in [1.29, 1.82) is 0 Å². The Labute approximate surface area is 98.8 Å². The standard InChI is InChI=1S/C9H9NO6S/c1-5-6(10(12)13)3-4-7(17(14)15)8(5)9(11)16-2/h3-4H,1-2H3,(H,14,15). The Kier molecular flexibility index (Phi) is 3.92. The Morgan fingerprint density at radius 1 is 1.53 bits per heavy atom. The van der Waals surface area contributed by atoms with E-state index in [0.717, 1.165) is 19.2 Å². The van der Waals surface area contributed by atoms with Gasteiger partial charge >= 0.3 is 5.97 Å². The van der Waals surface area contributed by atoms with Gasteiger partial charge in [0.2, 0.25) is 0 Å². The summed E-state index contributed by atoms with van der Waals surface area (Å²) in [5.74, 6) is -0.886. The fourth-order valence-corrected chi connectivity index (χ4v) is 1.97. The third kappa shape index (κ3) is 2.48. The number of methoxy groups -OCH3 is 1. The molecule has 0 aliphatic carbocycles. The van der Waals surface area contributed by atoms with Gasteiger partial charge in [0.05, 0.1) is 22.5 Å². The summed E-state index contributed by atoms with van der Waals surface area (Å²) >= 11 is -2.42. The number of hydrogen-bond donors (Lipinski definition) is 1. The van der Waals surface area contributed by atoms with Crippen LogP contribution in [0, 0.1) is 17.0 Å². The molecule has 17 heavy (non-hydrogen) atoms. The molecule has 0 amide bonds. The average molecular weight is 259 g/mol. The van der Waals surface area contributed by atoms with Gasteiger partial charge in [-0.05, 0) is 13.0 Å². The zero-order valence-electron chi connectivity index (χ0n) is 9.00. The first kappa shape index (κ1) is 13.3. The highest BCUT2D eigenvalue weighted by Crippen LogP contribution is 2.26. The number of carbonyl (C=O) groups is 1. The smallest absolute Gasteiger partial charge is 0.339 e. The fourth-order valence-electron chi connectivity index (χ4n) is 1.37. The summed E-state index contributed by atoms with van der Waals surface area (Å²) in [5, 5.41) is 10.7. The van der Waals surface area contributed by atoms with Gasteiger partial charge < -0.3 is 9.29 Å². The Morgan fingerprint density at radius 2 is 2.12 bits per heavy atom. The van der Waals surface area contributed by atoms with Crippen LogP contribution < -0.4 is 0 Å². The van der Waals surface area contributed by atoms with Gasteiger partial charge in [-0.2, -0.15) is 0 Å². The van der Waals surface area contributed by atoms with E-state index >= 15 is 0 Å². The van der Waals surface area contributed by atoms with Crippen molar-refractivity contribution in [2.75, 3.05) is 7.11 Å². The third-order valence-electron chi connectivity index (χ3n) is 2.17. The molecule has 0 aliphatic heterocycles. The minimum atomic E-state index is -2.42. The lowest BCUT2D eigenvalue weighted by Crippen LogP contribution is -2.10. The minimum absolute atomic E-state index is 0.00162. The van der Waals surface area contributed by atoms with Gasteiger partial charge in [0.1, 0.15) is 0 Å². The largest absolute Gasteiger partial charge is 0.465 e. The molecule has 7 nitrogen and oxygen atoms in total. The highest BCUT2D eigenvalue weighted by molar-refractivity contribution is 7.79. The first-order valence-corrected chi connectivity index (χ1v) is 5.48. The van der Waals surface area contributed by atoms with Crippen LogP contribution in [0.5, 0.6) is 0 Å². The van der Waals surface area contributed by atoms with E-state index in [2.05, 4.69) is 4.74 Å². The van der Waals surface area contributed by atoms with Crippen LogP contribution >= 0.6 is 0 Å². The Hall–Kier alpha value is -1.80. The molecule has 0 bridgehead atoms. The molecule has 0 spiro atoms. The van der Waals surface area contributed by atoms with Crippen molar-refractivity contribution in [3.05, 3.63) is 33.4 Å². The van der Waals surface area contributed by atoms with Gasteiger partial charge in [0.15, 0.2) is 11.1 Å². The minimum Gasteiger partial charge on any atom is -0.465 e. The molecular weight excluding hydrogens is 250 g/mol. The van der Waals surface area contributed by atoms with E-state index in [4.69, 9.17) is 4.55 Å². The summed E-state index contributed by atoms with van der Waals surface area (Å²) in [6, 6.07) is 2.14. The van der Waals surface area contributed by atoms with Crippen molar-refractivity contribution < 1.29 is 23.2 Å². The SMILES string of the molecule is COC(=O)c1c(S(=O)O)ccc([N+](=O)[O-])c1C. The summed E-state index contributed by atoms with van der Waals surface area (Å²) in [5.41, 5.74) is -0.552. The molecule has 1 unspecified atom stereocenters. The third-order valence-corrected chi connectivity index (χ3v) is 2.89. The normalized spacial score (nSPS) is 11.9. The second-order valence-electron chi connectivity index (χ2n) is 3.08. The van der Waals surface area contributed by atoms with Crippen LogP contribution in [0.15, 0.2) is 17.0 Å². The molecule has 1 aromatic rings. The molecule has 1 rings (SSSR count). The van der Waals surface area contributed by atoms with Gasteiger partial charge in [0, 0.05) is 11.6 Å². The van der Waals surface area contributed by atoms with Crippen LogP contribution in [0.1, 0.15) is 15.9 Å². The lowest BCUT2D eigenvalue weighted by atomic mass is 10.1. The number of nitro benzene ring substituents is 1. The van der Waals surface area contributed by atoms with Crippen molar-refractivity contribution >= 4 is 22.7 Å². The van der Waals surface area contributed by atoms with Crippen LogP contribution in [-0.2, 0) is 15.8 Å². The predicted octanol–water partition coefficient (Wildman–Crippen LogP) is 1.27. The van der Waals surface area contributed by atoms with E-state index < -0.39 is 22.0 Å². The van der Waals surface area contributed by atoms with Crippen LogP contribution in [0.4, 0.5) is 5.69 Å². The van der Waals surface area contributed by atoms with Gasteiger partial charge in [-0.15, -0.1) is 0 Å². The number of nitrogens with zero attached hydrogens (tertiary/aromatic N) is 1. The molecular formula is C9H9NO6S. The van der Waals surface area contributed by atoms with Crippen LogP contribution in [0.3, 0.4) is 0 Å². The van der Waals surface area contributed by atoms with Crippen LogP contribution in [0.2, 0.25) is 0 Å². The maximum atomic E-state index is 11.4. The molecule has 92 valence electrons. The molecule has 0 aromatic heterocycles. The van der Waals surface area contributed by atoms with E-state index in [9.17, 15) is 19.1 Å². The Bertz CT molecular complexity index is 512. The summed E-state index contributed by atoms with van der Waals surface area (Å²) in [6.07, 6.45) is 0. The number of esters is 1. The molecule has 8 heteroatoms. The van der Waals surface area contributed by atoms with Crippen molar-refractivity contribution in [3.8, 4) is 0 Å². The number of ether oxygens (including phenoxy) is 1. The number of benzene rings is 1. The lowest BCUT2D eigenvalue weighted by Gasteiger charge is -2.08. The summed E-state index contributed by atoms with van der Waals surface area (Å²) in [4.78, 5) is 21.2. The zero-order valence-corrected chi connectivity index (χ0v) is 9.82. The topological polar surface area (TPSA) is 107 Å². The molecule has 0 fully saturated rings. The van der Waals surface area contributed by atoms with Crippen molar-refractivity contribution in [3.63, 3.8) is 0 Å². The van der Waals surface area contributed by atoms with E-state index in [1.54, 1.807) is 0 Å². The molecule has 1 atom stereocenters. The molecule has 0 saturated carbocycles. The quantitative estimate of drug-likeness (QED) is 0.379. The highest BCUT2D eigenvalue weighted by atomic mass is 32.2. The fraction of sp³-hybridized carbons (Fsp3) is 0.222. The molecule has 0 radical (unpaired) electrons. The summed E-state index contributed by atoms with van der Waals surface area (Å²) in [7, 11) is 1.09. The monoisotopic (exact) mass is 259 g/mol. The predicted molar refractivity (Wildman–Crippen MR) is 58.2 cm³/mol. The van der Waals surface area contributed by atoms with Crippen LogP contribution in [0.25, 0.3) is 0 Å². The lowest BCUT2D eigenvalue weighted by molar-refractivity contribution is -0.385. The molecule has 0 heterocycles. The summed E-state index contributed by atoms with van der Waals surface area (Å²) in [6.45, 7) is 1.32. The highest BCUT2D eigenvalue weighted by Gasteiger charge is 2.25. The van der Waals surface area contributed by atoms with Crippen LogP contribution in [-0.4, -0.2) is 26.8 Å². The van der Waals surface area contributed by atoms with Gasteiger partial charge in [-0.3, -0.25) is 10.1 Å². The van der Waals surface area contributed by atoms with Gasteiger partial charge in [-0.25, -0.2) is 9.00 Å². The van der Waals surface area contributed by atoms with E-state index in [0.29, 0.717) is 0 Å². The maximum absolute atomic E-state index is 11.4. The molecule has 1 aromatic carbocycles.